The standard InChI is InChI=1S/C30H22BrClFIN2O4S/c1-3-39-29(38)25-16(2)35-30-36(26(25)18-6-10-22(33)11-7-18)28(37)24(41-30)13-19-12-20(31)14-23(34)27(19)40-15-17-4-8-21(32)9-5-17/h4-14,26H,3,15H2,1-2H3/b24-13-/t26-/m1/s1. The van der Waals surface area contributed by atoms with Gasteiger partial charge in [-0.3, -0.25) is 9.36 Å². The molecule has 5 rings (SSSR count). The minimum absolute atomic E-state index is 0.163. The highest BCUT2D eigenvalue weighted by Gasteiger charge is 2.33. The SMILES string of the molecule is CCOC(=O)C1=C(C)N=c2s/c(=C\c3cc(Br)cc(I)c3OCc3ccc(Cl)cc3)c(=O)n2[C@@H]1c1ccc(F)cc1. The van der Waals surface area contributed by atoms with E-state index in [1.54, 1.807) is 44.2 Å². The zero-order chi connectivity index (χ0) is 29.3. The molecule has 1 aliphatic rings. The number of aromatic nitrogens is 1. The lowest BCUT2D eigenvalue weighted by Crippen LogP contribution is -2.39. The lowest BCUT2D eigenvalue weighted by molar-refractivity contribution is -0.139. The Kier molecular flexibility index (Phi) is 9.12. The van der Waals surface area contributed by atoms with Gasteiger partial charge >= 0.3 is 5.97 Å². The first-order valence-corrected chi connectivity index (χ1v) is 15.5. The molecule has 210 valence electrons. The number of rotatable bonds is 7. The molecular weight excluding hydrogens is 746 g/mol. The number of carbonyl (C=O) groups excluding carboxylic acids is 1. The molecule has 0 radical (unpaired) electrons. The van der Waals surface area contributed by atoms with Crippen LogP contribution in [0, 0.1) is 9.39 Å². The van der Waals surface area contributed by atoms with Crippen LogP contribution >= 0.6 is 61.5 Å². The van der Waals surface area contributed by atoms with E-state index in [9.17, 15) is 14.0 Å². The summed E-state index contributed by atoms with van der Waals surface area (Å²) in [6.07, 6.45) is 1.76. The van der Waals surface area contributed by atoms with Crippen LogP contribution in [0.5, 0.6) is 5.75 Å². The number of ether oxygens (including phenoxy) is 2. The van der Waals surface area contributed by atoms with E-state index in [4.69, 9.17) is 21.1 Å². The van der Waals surface area contributed by atoms with Crippen molar-refractivity contribution in [3.8, 4) is 5.75 Å². The van der Waals surface area contributed by atoms with Gasteiger partial charge in [0.05, 0.1) is 32.0 Å². The van der Waals surface area contributed by atoms with Crippen molar-refractivity contribution >= 4 is 73.5 Å². The molecule has 0 unspecified atom stereocenters. The molecule has 0 amide bonds. The molecule has 41 heavy (non-hydrogen) atoms. The first-order valence-electron chi connectivity index (χ1n) is 12.5. The molecule has 4 aromatic rings. The molecule has 6 nitrogen and oxygen atoms in total. The van der Waals surface area contributed by atoms with Crippen molar-refractivity contribution in [2.75, 3.05) is 6.61 Å². The molecule has 0 fully saturated rings. The predicted octanol–water partition coefficient (Wildman–Crippen LogP) is 6.54. The van der Waals surface area contributed by atoms with Crippen LogP contribution < -0.4 is 19.6 Å². The number of halogens is 4. The van der Waals surface area contributed by atoms with Gasteiger partial charge in [0.15, 0.2) is 4.80 Å². The van der Waals surface area contributed by atoms with E-state index < -0.39 is 17.8 Å². The fraction of sp³-hybridized carbons (Fsp3) is 0.167. The maximum Gasteiger partial charge on any atom is 0.338 e. The van der Waals surface area contributed by atoms with Crippen molar-refractivity contribution in [3.05, 3.63) is 127 Å². The van der Waals surface area contributed by atoms with E-state index in [1.165, 1.54) is 28.0 Å². The Morgan fingerprint density at radius 3 is 2.59 bits per heavy atom. The second kappa shape index (κ2) is 12.6. The molecule has 1 aliphatic heterocycles. The summed E-state index contributed by atoms with van der Waals surface area (Å²) in [5.74, 6) is -0.375. The number of nitrogens with zero attached hydrogens (tertiary/aromatic N) is 2. The number of esters is 1. The van der Waals surface area contributed by atoms with Gasteiger partial charge < -0.3 is 9.47 Å². The summed E-state index contributed by atoms with van der Waals surface area (Å²) < 4.78 is 28.9. The van der Waals surface area contributed by atoms with Crippen LogP contribution in [0.25, 0.3) is 6.08 Å². The number of benzene rings is 3. The van der Waals surface area contributed by atoms with Crippen molar-refractivity contribution in [2.24, 2.45) is 4.99 Å². The van der Waals surface area contributed by atoms with Gasteiger partial charge in [-0.2, -0.15) is 0 Å². The smallest absolute Gasteiger partial charge is 0.338 e. The van der Waals surface area contributed by atoms with Crippen LogP contribution in [-0.4, -0.2) is 17.1 Å². The lowest BCUT2D eigenvalue weighted by atomic mass is 9.96. The van der Waals surface area contributed by atoms with Crippen LogP contribution in [0.3, 0.4) is 0 Å². The average Bonchev–Trinajstić information content (AvgIpc) is 3.23. The molecular formula is C30H22BrClFIN2O4S. The zero-order valence-corrected chi connectivity index (χ0v) is 27.1. The minimum atomic E-state index is -0.823. The number of thiazole rings is 1. The van der Waals surface area contributed by atoms with Crippen molar-refractivity contribution in [3.63, 3.8) is 0 Å². The van der Waals surface area contributed by atoms with Crippen LogP contribution in [0.15, 0.2) is 86.2 Å². The van der Waals surface area contributed by atoms with Gasteiger partial charge in [-0.25, -0.2) is 14.2 Å². The summed E-state index contributed by atoms with van der Waals surface area (Å²) >= 11 is 13.0. The quantitative estimate of drug-likeness (QED) is 0.158. The van der Waals surface area contributed by atoms with E-state index >= 15 is 0 Å². The fourth-order valence-electron chi connectivity index (χ4n) is 4.47. The van der Waals surface area contributed by atoms with Gasteiger partial charge in [0.2, 0.25) is 0 Å². The average molecular weight is 768 g/mol. The highest BCUT2D eigenvalue weighted by molar-refractivity contribution is 14.1. The maximum atomic E-state index is 14.0. The van der Waals surface area contributed by atoms with Crippen molar-refractivity contribution in [2.45, 2.75) is 26.5 Å². The third kappa shape index (κ3) is 6.35. The zero-order valence-electron chi connectivity index (χ0n) is 21.8. The molecule has 1 aromatic heterocycles. The van der Waals surface area contributed by atoms with Crippen molar-refractivity contribution in [1.82, 2.24) is 4.57 Å². The Balaban J connectivity index is 1.64. The largest absolute Gasteiger partial charge is 0.487 e. The van der Waals surface area contributed by atoms with Crippen LogP contribution in [0.4, 0.5) is 4.39 Å². The highest BCUT2D eigenvalue weighted by atomic mass is 127. The molecule has 3 aromatic carbocycles. The van der Waals surface area contributed by atoms with Crippen molar-refractivity contribution < 1.29 is 18.7 Å². The molecule has 0 spiro atoms. The Hall–Kier alpha value is -2.80. The van der Waals surface area contributed by atoms with Crippen LogP contribution in [0.2, 0.25) is 5.02 Å². The second-order valence-corrected chi connectivity index (χ2v) is 12.6. The van der Waals surface area contributed by atoms with Crippen LogP contribution in [-0.2, 0) is 16.1 Å². The summed E-state index contributed by atoms with van der Waals surface area (Å²) in [4.78, 5) is 32.0. The molecule has 0 saturated heterocycles. The topological polar surface area (TPSA) is 69.9 Å². The lowest BCUT2D eigenvalue weighted by Gasteiger charge is -2.24. The minimum Gasteiger partial charge on any atom is -0.487 e. The summed E-state index contributed by atoms with van der Waals surface area (Å²) in [7, 11) is 0. The first kappa shape index (κ1) is 29.7. The molecule has 1 atom stereocenters. The Labute approximate surface area is 266 Å². The van der Waals surface area contributed by atoms with Gasteiger partial charge in [0.1, 0.15) is 18.2 Å². The van der Waals surface area contributed by atoms with Gasteiger partial charge in [0, 0.05) is 15.1 Å². The summed E-state index contributed by atoms with van der Waals surface area (Å²) in [6, 6.07) is 16.1. The number of carbonyl (C=O) groups is 1. The monoisotopic (exact) mass is 766 g/mol. The molecule has 0 N–H and O–H groups in total. The Bertz CT molecular complexity index is 1850. The van der Waals surface area contributed by atoms with Crippen molar-refractivity contribution in [1.29, 1.82) is 0 Å². The molecule has 11 heteroatoms. The molecule has 0 saturated carbocycles. The van der Waals surface area contributed by atoms with E-state index in [-0.39, 0.29) is 17.7 Å². The van der Waals surface area contributed by atoms with E-state index in [2.05, 4.69) is 43.5 Å². The predicted molar refractivity (Wildman–Crippen MR) is 169 cm³/mol. The third-order valence-electron chi connectivity index (χ3n) is 6.32. The number of hydrogen-bond donors (Lipinski definition) is 0. The van der Waals surface area contributed by atoms with Gasteiger partial charge in [0.25, 0.3) is 5.56 Å². The maximum absolute atomic E-state index is 14.0. The van der Waals surface area contributed by atoms with Gasteiger partial charge in [-0.15, -0.1) is 0 Å². The van der Waals surface area contributed by atoms with E-state index in [0.29, 0.717) is 43.5 Å². The van der Waals surface area contributed by atoms with Gasteiger partial charge in [-0.1, -0.05) is 63.1 Å². The van der Waals surface area contributed by atoms with E-state index in [1.807, 2.05) is 24.3 Å². The fourth-order valence-corrected chi connectivity index (χ4v) is 7.34. The molecule has 0 aliphatic carbocycles. The summed E-state index contributed by atoms with van der Waals surface area (Å²) in [5, 5.41) is 0.642. The second-order valence-electron chi connectivity index (χ2n) is 9.07. The summed E-state index contributed by atoms with van der Waals surface area (Å²) in [5.41, 5.74) is 2.55. The number of hydrogen-bond acceptors (Lipinski definition) is 6. The number of fused-ring (bicyclic) bond motifs is 1. The summed E-state index contributed by atoms with van der Waals surface area (Å²) in [6.45, 7) is 3.89. The first-order chi connectivity index (χ1) is 19.7. The third-order valence-corrected chi connectivity index (χ3v) is 8.82. The number of allylic oxidation sites excluding steroid dienone is 1. The highest BCUT2D eigenvalue weighted by Crippen LogP contribution is 2.33. The Morgan fingerprint density at radius 1 is 1.20 bits per heavy atom. The van der Waals surface area contributed by atoms with Crippen LogP contribution in [0.1, 0.15) is 36.6 Å². The Morgan fingerprint density at radius 2 is 1.90 bits per heavy atom. The molecule has 2 heterocycles. The van der Waals surface area contributed by atoms with E-state index in [0.717, 1.165) is 13.6 Å². The normalized spacial score (nSPS) is 15.0. The van der Waals surface area contributed by atoms with Gasteiger partial charge in [-0.05, 0) is 90.0 Å². The molecule has 0 bridgehead atoms.